The smallest absolute Gasteiger partial charge is 0.333 e. The molecule has 0 radical (unpaired) electrons. The molecule has 0 amide bonds. The van der Waals surface area contributed by atoms with Gasteiger partial charge in [0, 0.05) is 38.3 Å². The molecule has 2 aromatic heterocycles. The number of hydrogen-bond donors (Lipinski definition) is 0. The van der Waals surface area contributed by atoms with Gasteiger partial charge in [0.2, 0.25) is 0 Å². The summed E-state index contributed by atoms with van der Waals surface area (Å²) in [5, 5.41) is 15.5. The molecule has 4 heteroatoms. The number of rotatable bonds is 1. The maximum Gasteiger partial charge on any atom is 0.333 e. The Morgan fingerprint density at radius 2 is 1.28 bits per heavy atom. The number of aromatic nitrogens is 2. The summed E-state index contributed by atoms with van der Waals surface area (Å²) in [4.78, 5) is 0. The monoisotopic (exact) mass is 499 g/mol. The maximum atomic E-state index is 10.5. The van der Waals surface area contributed by atoms with Gasteiger partial charge in [-0.1, -0.05) is 65.7 Å². The van der Waals surface area contributed by atoms with Crippen LogP contribution in [0.5, 0.6) is 0 Å². The van der Waals surface area contributed by atoms with Crippen molar-refractivity contribution in [2.75, 3.05) is 0 Å². The van der Waals surface area contributed by atoms with Gasteiger partial charge in [-0.3, -0.25) is 0 Å². The topological polar surface area (TPSA) is 33.6 Å². The van der Waals surface area contributed by atoms with Crippen LogP contribution in [0.25, 0.3) is 49.3 Å². The molecule has 8 rings (SSSR count). The predicted molar refractivity (Wildman–Crippen MR) is 164 cm³/mol. The molecule has 5 aromatic carbocycles. The van der Waals surface area contributed by atoms with Crippen LogP contribution < -0.4 is 10.9 Å². The normalized spacial score (nSPS) is 12.5. The van der Waals surface area contributed by atoms with Crippen LogP contribution in [0.1, 0.15) is 27.8 Å². The molecule has 0 spiro atoms. The van der Waals surface area contributed by atoms with Crippen LogP contribution in [0.2, 0.25) is 0 Å². The molecular weight excluding hydrogens is 473 g/mol. The van der Waals surface area contributed by atoms with E-state index in [2.05, 4.69) is 122 Å². The summed E-state index contributed by atoms with van der Waals surface area (Å²) in [5.41, 5.74) is 14.1. The second-order valence-corrected chi connectivity index (χ2v) is 11.2. The third-order valence-electron chi connectivity index (χ3n) is 8.66. The van der Waals surface area contributed by atoms with E-state index in [9.17, 15) is 5.26 Å². The minimum Gasteiger partial charge on any atom is -0.375 e. The SMILES string of the molecule is Cc1cc(C)c2c(c1)c1cc(C)cc(C)c1n2B1c2ccccc2-n2c3ccccc3c3ccc(C#N)c1c32. The highest BCUT2D eigenvalue weighted by Crippen LogP contribution is 2.38. The number of nitrogens with zero attached hydrogens (tertiary/aromatic N) is 3. The zero-order chi connectivity index (χ0) is 26.6. The van der Waals surface area contributed by atoms with Crippen LogP contribution in [0.15, 0.2) is 84.9 Å². The molecule has 0 bridgehead atoms. The average molecular weight is 499 g/mol. The summed E-state index contributed by atoms with van der Waals surface area (Å²) in [5.74, 6) is 0. The van der Waals surface area contributed by atoms with E-state index >= 15 is 0 Å². The Bertz CT molecular complexity index is 2170. The molecule has 3 heterocycles. The van der Waals surface area contributed by atoms with Gasteiger partial charge in [-0.2, -0.15) is 5.26 Å². The molecule has 0 N–H and O–H groups in total. The third kappa shape index (κ3) is 2.77. The largest absolute Gasteiger partial charge is 0.375 e. The van der Waals surface area contributed by atoms with Gasteiger partial charge in [0.25, 0.3) is 0 Å². The van der Waals surface area contributed by atoms with Crippen LogP contribution in [0, 0.1) is 39.0 Å². The first-order valence-corrected chi connectivity index (χ1v) is 13.6. The van der Waals surface area contributed by atoms with E-state index < -0.39 is 0 Å². The fourth-order valence-electron chi connectivity index (χ4n) is 7.39. The lowest BCUT2D eigenvalue weighted by molar-refractivity contribution is 1.17. The first kappa shape index (κ1) is 22.3. The summed E-state index contributed by atoms with van der Waals surface area (Å²) >= 11 is 0. The number of benzene rings is 5. The number of aryl methyl sites for hydroxylation is 4. The van der Waals surface area contributed by atoms with Crippen molar-refractivity contribution in [3.63, 3.8) is 0 Å². The van der Waals surface area contributed by atoms with Gasteiger partial charge in [-0.25, -0.2) is 0 Å². The van der Waals surface area contributed by atoms with E-state index in [0.29, 0.717) is 0 Å². The fraction of sp³-hybridized carbons (Fsp3) is 0.114. The first-order chi connectivity index (χ1) is 19.0. The molecule has 0 saturated heterocycles. The van der Waals surface area contributed by atoms with Gasteiger partial charge < -0.3 is 9.05 Å². The molecule has 0 atom stereocenters. The number of fused-ring (bicyclic) bond motifs is 8. The standard InChI is InChI=1S/C35H26BN3/c1-20-15-22(3)33-27(17-20)28-18-21(2)16-23(4)34(28)39(33)36-29-10-6-8-12-31(29)38-30-11-7-5-9-25(30)26-14-13-24(19-37)32(36)35(26)38/h5-18H,1-4H3. The van der Waals surface area contributed by atoms with Gasteiger partial charge in [0.15, 0.2) is 0 Å². The molecule has 0 fully saturated rings. The Hall–Kier alpha value is -4.75. The van der Waals surface area contributed by atoms with Gasteiger partial charge in [-0.15, -0.1) is 0 Å². The highest BCUT2D eigenvalue weighted by molar-refractivity contribution is 6.88. The van der Waals surface area contributed by atoms with E-state index in [0.717, 1.165) is 16.5 Å². The number of hydrogen-bond acceptors (Lipinski definition) is 1. The second kappa shape index (κ2) is 7.65. The van der Waals surface area contributed by atoms with Crippen LogP contribution >= 0.6 is 0 Å². The van der Waals surface area contributed by atoms with Crippen molar-refractivity contribution in [3.05, 3.63) is 113 Å². The minimum absolute atomic E-state index is 0.140. The maximum absolute atomic E-state index is 10.5. The highest BCUT2D eigenvalue weighted by Gasteiger charge is 2.38. The molecule has 3 nitrogen and oxygen atoms in total. The fourth-order valence-corrected chi connectivity index (χ4v) is 7.39. The Labute approximate surface area is 227 Å². The van der Waals surface area contributed by atoms with Crippen LogP contribution in [-0.2, 0) is 0 Å². The Balaban J connectivity index is 1.66. The number of para-hydroxylation sites is 2. The molecule has 0 unspecified atom stereocenters. The Morgan fingerprint density at radius 3 is 1.97 bits per heavy atom. The molecule has 0 saturated carbocycles. The second-order valence-electron chi connectivity index (χ2n) is 11.2. The lowest BCUT2D eigenvalue weighted by Crippen LogP contribution is -2.54. The van der Waals surface area contributed by atoms with E-state index in [4.69, 9.17) is 0 Å². The van der Waals surface area contributed by atoms with Crippen molar-refractivity contribution >= 4 is 61.4 Å². The molecular formula is C35H26BN3. The molecule has 1 aliphatic heterocycles. The zero-order valence-corrected chi connectivity index (χ0v) is 22.5. The lowest BCUT2D eigenvalue weighted by atomic mass is 9.47. The van der Waals surface area contributed by atoms with Crippen molar-refractivity contribution < 1.29 is 0 Å². The van der Waals surface area contributed by atoms with Gasteiger partial charge in [0.05, 0.1) is 22.7 Å². The molecule has 39 heavy (non-hydrogen) atoms. The van der Waals surface area contributed by atoms with Gasteiger partial charge in [0.1, 0.15) is 0 Å². The van der Waals surface area contributed by atoms with Crippen LogP contribution in [0.3, 0.4) is 0 Å². The molecule has 7 aromatic rings. The zero-order valence-electron chi connectivity index (χ0n) is 22.5. The summed E-state index contributed by atoms with van der Waals surface area (Å²) in [7, 11) is 0. The highest BCUT2D eigenvalue weighted by atomic mass is 15.0. The summed E-state index contributed by atoms with van der Waals surface area (Å²) in [6, 6.07) is 33.3. The molecule has 1 aliphatic rings. The lowest BCUT2D eigenvalue weighted by Gasteiger charge is -2.29. The van der Waals surface area contributed by atoms with Gasteiger partial charge >= 0.3 is 6.85 Å². The summed E-state index contributed by atoms with van der Waals surface area (Å²) in [6.07, 6.45) is 0. The molecule has 184 valence electrons. The Morgan fingerprint density at radius 1 is 0.641 bits per heavy atom. The van der Waals surface area contributed by atoms with E-state index in [1.54, 1.807) is 0 Å². The average Bonchev–Trinajstić information content (AvgIpc) is 3.43. The minimum atomic E-state index is -0.140. The van der Waals surface area contributed by atoms with E-state index in [-0.39, 0.29) is 6.85 Å². The van der Waals surface area contributed by atoms with Crippen LogP contribution in [0.4, 0.5) is 0 Å². The quantitative estimate of drug-likeness (QED) is 0.225. The van der Waals surface area contributed by atoms with E-state index in [1.165, 1.54) is 71.5 Å². The van der Waals surface area contributed by atoms with Crippen molar-refractivity contribution in [2.45, 2.75) is 27.7 Å². The predicted octanol–water partition coefficient (Wildman–Crippen LogP) is 6.96. The van der Waals surface area contributed by atoms with E-state index in [1.807, 2.05) is 6.07 Å². The van der Waals surface area contributed by atoms with Crippen molar-refractivity contribution in [1.82, 2.24) is 9.05 Å². The van der Waals surface area contributed by atoms with Gasteiger partial charge in [-0.05, 0) is 80.1 Å². The van der Waals surface area contributed by atoms with Crippen molar-refractivity contribution in [3.8, 4) is 11.8 Å². The van der Waals surface area contributed by atoms with Crippen LogP contribution in [-0.4, -0.2) is 15.9 Å². The third-order valence-corrected chi connectivity index (χ3v) is 8.66. The first-order valence-electron chi connectivity index (χ1n) is 13.6. The summed E-state index contributed by atoms with van der Waals surface area (Å²) < 4.78 is 4.93. The summed E-state index contributed by atoms with van der Waals surface area (Å²) in [6.45, 7) is 8.68. The molecule has 0 aliphatic carbocycles. The Kier molecular flexibility index (Phi) is 4.37. The van der Waals surface area contributed by atoms with Crippen molar-refractivity contribution in [1.29, 1.82) is 5.26 Å². The van der Waals surface area contributed by atoms with Crippen molar-refractivity contribution in [2.24, 2.45) is 0 Å². The number of nitriles is 1.